The van der Waals surface area contributed by atoms with Crippen molar-refractivity contribution in [1.82, 2.24) is 15.1 Å². The molecule has 0 saturated heterocycles. The highest BCUT2D eigenvalue weighted by Crippen LogP contribution is 2.34. The molecule has 0 fully saturated rings. The van der Waals surface area contributed by atoms with Crippen LogP contribution in [0.1, 0.15) is 11.1 Å². The molecule has 1 amide bonds. The van der Waals surface area contributed by atoms with Crippen molar-refractivity contribution in [2.24, 2.45) is 0 Å². The van der Waals surface area contributed by atoms with Gasteiger partial charge in [0.15, 0.2) is 11.5 Å². The summed E-state index contributed by atoms with van der Waals surface area (Å²) in [6.45, 7) is 2.20. The van der Waals surface area contributed by atoms with Crippen LogP contribution in [0.3, 0.4) is 0 Å². The third-order valence-electron chi connectivity index (χ3n) is 5.43. The molecule has 3 aromatic carbocycles. The van der Waals surface area contributed by atoms with Crippen molar-refractivity contribution < 1.29 is 14.3 Å². The van der Waals surface area contributed by atoms with E-state index in [0.717, 1.165) is 33.2 Å². The maximum absolute atomic E-state index is 12.6. The Morgan fingerprint density at radius 2 is 1.68 bits per heavy atom. The van der Waals surface area contributed by atoms with E-state index in [4.69, 9.17) is 14.6 Å². The molecule has 2 heterocycles. The molecule has 172 valence electrons. The van der Waals surface area contributed by atoms with Gasteiger partial charge in [0.2, 0.25) is 5.91 Å². The molecule has 0 aliphatic carbocycles. The van der Waals surface area contributed by atoms with E-state index in [1.165, 1.54) is 17.3 Å². The number of carbonyl (C=O) groups is 1. The van der Waals surface area contributed by atoms with Crippen molar-refractivity contribution in [2.75, 3.05) is 19.0 Å². The van der Waals surface area contributed by atoms with Crippen LogP contribution < -0.4 is 14.8 Å². The van der Waals surface area contributed by atoms with Crippen molar-refractivity contribution in [3.8, 4) is 22.8 Å². The quantitative estimate of drug-likeness (QED) is 0.375. The summed E-state index contributed by atoms with van der Waals surface area (Å²) in [5, 5.41) is 7.87. The van der Waals surface area contributed by atoms with Crippen molar-refractivity contribution in [2.45, 2.75) is 18.0 Å². The average Bonchev–Trinajstić information content (AvgIpc) is 3.29. The Hall–Kier alpha value is -3.71. The summed E-state index contributed by atoms with van der Waals surface area (Å²) >= 11 is 1.48. The zero-order valence-corrected chi connectivity index (χ0v) is 19.5. The van der Waals surface area contributed by atoms with Crippen LogP contribution in [0.15, 0.2) is 90.0 Å². The summed E-state index contributed by atoms with van der Waals surface area (Å²) in [5.74, 6) is 1.77. The van der Waals surface area contributed by atoms with Gasteiger partial charge in [-0.05, 0) is 23.8 Å². The van der Waals surface area contributed by atoms with Crippen LogP contribution >= 0.6 is 11.8 Å². The molecule has 1 aromatic heterocycles. The molecule has 5 rings (SSSR count). The smallest absolute Gasteiger partial charge is 0.230 e. The molecule has 0 atom stereocenters. The number of nitrogens with one attached hydrogen (secondary N) is 1. The predicted molar refractivity (Wildman–Crippen MR) is 133 cm³/mol. The Bertz CT molecular complexity index is 1260. The largest absolute Gasteiger partial charge is 0.486 e. The molecule has 0 unspecified atom stereocenters. The fraction of sp³-hybridized carbons (Fsp3) is 0.185. The minimum atomic E-state index is -0.0327. The summed E-state index contributed by atoms with van der Waals surface area (Å²) in [6, 6.07) is 26.1. The second-order valence-electron chi connectivity index (χ2n) is 7.92. The second-order valence-corrected chi connectivity index (χ2v) is 8.97. The number of hydrogen-bond donors (Lipinski definition) is 1. The molecular formula is C27H25N3O3S. The molecule has 0 bridgehead atoms. The van der Waals surface area contributed by atoms with Crippen LogP contribution in [-0.2, 0) is 17.9 Å². The molecule has 0 radical (unpaired) electrons. The standard InChI is InChI=1S/C27H25N3O3S/c31-26(19-34-23-11-12-24-25(15-23)33-14-13-32-24)28-16-22-18-30(17-20-7-3-1-4-8-20)29-27(22)21-9-5-2-6-10-21/h1-12,15,18H,13-14,16-17,19H2,(H,28,31). The SMILES string of the molecule is O=C(CSc1ccc2c(c1)OCCO2)NCc1cn(Cc2ccccc2)nc1-c1ccccc1. The van der Waals surface area contributed by atoms with Gasteiger partial charge in [-0.25, -0.2) is 0 Å². The lowest BCUT2D eigenvalue weighted by Crippen LogP contribution is -2.24. The van der Waals surface area contributed by atoms with Gasteiger partial charge in [-0.15, -0.1) is 11.8 Å². The van der Waals surface area contributed by atoms with Crippen LogP contribution in [0.2, 0.25) is 0 Å². The first kappa shape index (κ1) is 22.1. The van der Waals surface area contributed by atoms with E-state index in [0.29, 0.717) is 32.1 Å². The monoisotopic (exact) mass is 471 g/mol. The molecule has 4 aromatic rings. The zero-order valence-electron chi connectivity index (χ0n) is 18.6. The van der Waals surface area contributed by atoms with E-state index in [2.05, 4.69) is 17.4 Å². The van der Waals surface area contributed by atoms with Gasteiger partial charge >= 0.3 is 0 Å². The van der Waals surface area contributed by atoms with Crippen LogP contribution in [-0.4, -0.2) is 34.7 Å². The molecule has 6 nitrogen and oxygen atoms in total. The van der Waals surface area contributed by atoms with Crippen LogP contribution in [0, 0.1) is 0 Å². The third kappa shape index (κ3) is 5.43. The highest BCUT2D eigenvalue weighted by molar-refractivity contribution is 8.00. The number of amides is 1. The highest BCUT2D eigenvalue weighted by atomic mass is 32.2. The fourth-order valence-corrected chi connectivity index (χ4v) is 4.54. The first-order valence-electron chi connectivity index (χ1n) is 11.2. The van der Waals surface area contributed by atoms with Gasteiger partial charge < -0.3 is 14.8 Å². The van der Waals surface area contributed by atoms with E-state index < -0.39 is 0 Å². The summed E-state index contributed by atoms with van der Waals surface area (Å²) < 4.78 is 13.1. The first-order chi connectivity index (χ1) is 16.7. The van der Waals surface area contributed by atoms with Gasteiger partial charge in [-0.1, -0.05) is 60.7 Å². The Kier molecular flexibility index (Phi) is 6.81. The fourth-order valence-electron chi connectivity index (χ4n) is 3.79. The Morgan fingerprint density at radius 3 is 2.47 bits per heavy atom. The summed E-state index contributed by atoms with van der Waals surface area (Å²) in [4.78, 5) is 13.6. The second kappa shape index (κ2) is 10.5. The molecule has 34 heavy (non-hydrogen) atoms. The van der Waals surface area contributed by atoms with Crippen molar-refractivity contribution in [1.29, 1.82) is 0 Å². The third-order valence-corrected chi connectivity index (χ3v) is 6.43. The Labute approximate surface area is 202 Å². The van der Waals surface area contributed by atoms with E-state index >= 15 is 0 Å². The number of hydrogen-bond acceptors (Lipinski definition) is 5. The van der Waals surface area contributed by atoms with Gasteiger partial charge in [0, 0.05) is 28.8 Å². The van der Waals surface area contributed by atoms with Gasteiger partial charge in [0.1, 0.15) is 13.2 Å². The predicted octanol–water partition coefficient (Wildman–Crippen LogP) is 4.78. The number of ether oxygens (including phenoxy) is 2. The molecule has 1 aliphatic heterocycles. The lowest BCUT2D eigenvalue weighted by atomic mass is 10.1. The molecule has 0 saturated carbocycles. The van der Waals surface area contributed by atoms with Gasteiger partial charge in [0.25, 0.3) is 0 Å². The molecule has 1 aliphatic rings. The lowest BCUT2D eigenvalue weighted by Gasteiger charge is -2.18. The number of aromatic nitrogens is 2. The maximum Gasteiger partial charge on any atom is 0.230 e. The minimum Gasteiger partial charge on any atom is -0.486 e. The topological polar surface area (TPSA) is 65.4 Å². The first-order valence-corrected chi connectivity index (χ1v) is 12.2. The lowest BCUT2D eigenvalue weighted by molar-refractivity contribution is -0.118. The highest BCUT2D eigenvalue weighted by Gasteiger charge is 2.15. The maximum atomic E-state index is 12.6. The number of rotatable bonds is 8. The summed E-state index contributed by atoms with van der Waals surface area (Å²) in [5.41, 5.74) is 4.08. The number of nitrogens with zero attached hydrogens (tertiary/aromatic N) is 2. The Balaban J connectivity index is 1.24. The van der Waals surface area contributed by atoms with E-state index in [-0.39, 0.29) is 5.91 Å². The molecule has 0 spiro atoms. The van der Waals surface area contributed by atoms with Crippen LogP contribution in [0.5, 0.6) is 11.5 Å². The van der Waals surface area contributed by atoms with Crippen molar-refractivity contribution in [3.63, 3.8) is 0 Å². The minimum absolute atomic E-state index is 0.0327. The summed E-state index contributed by atoms with van der Waals surface area (Å²) in [6.07, 6.45) is 2.02. The van der Waals surface area contributed by atoms with Gasteiger partial charge in [-0.3, -0.25) is 9.48 Å². The van der Waals surface area contributed by atoms with Crippen molar-refractivity contribution >= 4 is 17.7 Å². The molecule has 1 N–H and O–H groups in total. The Morgan fingerprint density at radius 1 is 0.941 bits per heavy atom. The summed E-state index contributed by atoms with van der Waals surface area (Å²) in [7, 11) is 0. The van der Waals surface area contributed by atoms with Gasteiger partial charge in [-0.2, -0.15) is 5.10 Å². The van der Waals surface area contributed by atoms with E-state index in [1.54, 1.807) is 0 Å². The van der Waals surface area contributed by atoms with E-state index in [9.17, 15) is 4.79 Å². The normalized spacial score (nSPS) is 12.4. The molecular weight excluding hydrogens is 446 g/mol. The van der Waals surface area contributed by atoms with E-state index in [1.807, 2.05) is 77.6 Å². The number of thioether (sulfide) groups is 1. The number of benzene rings is 3. The zero-order chi connectivity index (χ0) is 23.2. The van der Waals surface area contributed by atoms with Gasteiger partial charge in [0.05, 0.1) is 18.0 Å². The van der Waals surface area contributed by atoms with Crippen LogP contribution in [0.4, 0.5) is 0 Å². The average molecular weight is 472 g/mol. The van der Waals surface area contributed by atoms with Crippen molar-refractivity contribution in [3.05, 3.63) is 96.2 Å². The number of carbonyl (C=O) groups excluding carboxylic acids is 1. The number of fused-ring (bicyclic) bond motifs is 1. The molecule has 7 heteroatoms. The van der Waals surface area contributed by atoms with Crippen LogP contribution in [0.25, 0.3) is 11.3 Å².